The molecule has 0 bridgehead atoms. The van der Waals surface area contributed by atoms with Crippen LogP contribution in [0.1, 0.15) is 0 Å². The molecular weight excluding hydrogens is 238 g/mol. The summed E-state index contributed by atoms with van der Waals surface area (Å²) >= 11 is 0. The molecule has 4 rings (SSSR count). The normalized spacial score (nSPS) is 11.4. The Hall–Kier alpha value is -2.68. The lowest BCUT2D eigenvalue weighted by Crippen LogP contribution is -2.03. The monoisotopic (exact) mass is 247 g/mol. The predicted molar refractivity (Wildman–Crippen MR) is 74.4 cm³/mol. The van der Waals surface area contributed by atoms with E-state index in [0.717, 1.165) is 16.5 Å². The second-order valence-corrected chi connectivity index (χ2v) is 4.48. The third-order valence-corrected chi connectivity index (χ3v) is 3.31. The summed E-state index contributed by atoms with van der Waals surface area (Å²) in [6.45, 7) is 0. The average Bonchev–Trinajstić information content (AvgIpc) is 2.46. The van der Waals surface area contributed by atoms with Crippen LogP contribution >= 0.6 is 0 Å². The van der Waals surface area contributed by atoms with Crippen LogP contribution in [0.15, 0.2) is 64.0 Å². The summed E-state index contributed by atoms with van der Waals surface area (Å²) in [5.74, 6) is 0.572. The van der Waals surface area contributed by atoms with Crippen LogP contribution in [0, 0.1) is 0 Å². The van der Waals surface area contributed by atoms with Crippen molar-refractivity contribution in [2.45, 2.75) is 0 Å². The van der Waals surface area contributed by atoms with Crippen LogP contribution in [-0.2, 0) is 0 Å². The van der Waals surface area contributed by atoms with E-state index < -0.39 is 0 Å². The summed E-state index contributed by atoms with van der Waals surface area (Å²) in [4.78, 5) is 16.7. The summed E-state index contributed by atoms with van der Waals surface area (Å²) in [7, 11) is 0. The largest absolute Gasteiger partial charge is 0.464 e. The lowest BCUT2D eigenvalue weighted by Gasteiger charge is -2.07. The second-order valence-electron chi connectivity index (χ2n) is 4.48. The van der Waals surface area contributed by atoms with Crippen molar-refractivity contribution in [3.63, 3.8) is 0 Å². The number of fused-ring (bicyclic) bond motifs is 4. The Kier molecular flexibility index (Phi) is 1.97. The number of para-hydroxylation sites is 1. The van der Waals surface area contributed by atoms with E-state index in [2.05, 4.69) is 4.98 Å². The van der Waals surface area contributed by atoms with Crippen molar-refractivity contribution in [1.82, 2.24) is 4.98 Å². The molecule has 0 N–H and O–H groups in total. The molecule has 0 unspecified atom stereocenters. The Labute approximate surface area is 108 Å². The van der Waals surface area contributed by atoms with Gasteiger partial charge in [-0.15, -0.1) is 0 Å². The van der Waals surface area contributed by atoms with Gasteiger partial charge in [-0.1, -0.05) is 18.2 Å². The van der Waals surface area contributed by atoms with Crippen molar-refractivity contribution in [1.29, 1.82) is 0 Å². The zero-order valence-electron chi connectivity index (χ0n) is 9.96. The Balaban J connectivity index is 2.31. The number of hydrogen-bond donors (Lipinski definition) is 0. The molecule has 19 heavy (non-hydrogen) atoms. The molecule has 0 saturated carbocycles. The fraction of sp³-hybridized carbons (Fsp3) is 0. The van der Waals surface area contributed by atoms with Gasteiger partial charge in [0.2, 0.25) is 0 Å². The van der Waals surface area contributed by atoms with Gasteiger partial charge in [0.05, 0.1) is 17.3 Å². The van der Waals surface area contributed by atoms with Crippen LogP contribution in [0.5, 0.6) is 0 Å². The highest BCUT2D eigenvalue weighted by molar-refractivity contribution is 5.99. The number of aromatic nitrogens is 1. The molecule has 1 aliphatic carbocycles. The first-order valence-electron chi connectivity index (χ1n) is 6.03. The summed E-state index contributed by atoms with van der Waals surface area (Å²) in [5, 5.41) is 1.60. The average molecular weight is 247 g/mol. The molecule has 0 fully saturated rings. The Bertz CT molecular complexity index is 940. The van der Waals surface area contributed by atoms with Crippen molar-refractivity contribution in [3.05, 3.63) is 65.0 Å². The number of benzene rings is 2. The maximum atomic E-state index is 12.1. The Morgan fingerprint density at radius 3 is 2.84 bits per heavy atom. The smallest absolute Gasteiger partial charge is 0.191 e. The number of nitrogens with zero attached hydrogens (tertiary/aromatic N) is 1. The van der Waals surface area contributed by atoms with E-state index in [0.29, 0.717) is 16.7 Å². The molecule has 3 heteroatoms. The first kappa shape index (κ1) is 10.3. The lowest BCUT2D eigenvalue weighted by atomic mass is 10.0. The zero-order chi connectivity index (χ0) is 12.8. The van der Waals surface area contributed by atoms with Gasteiger partial charge in [-0.3, -0.25) is 4.79 Å². The molecule has 2 heterocycles. The van der Waals surface area contributed by atoms with Gasteiger partial charge in [-0.05, 0) is 24.3 Å². The van der Waals surface area contributed by atoms with Crippen LogP contribution in [-0.4, -0.2) is 4.98 Å². The van der Waals surface area contributed by atoms with Gasteiger partial charge in [-0.2, -0.15) is 0 Å². The summed E-state index contributed by atoms with van der Waals surface area (Å²) in [5.41, 5.74) is 2.38. The summed E-state index contributed by atoms with van der Waals surface area (Å²) < 4.78 is 5.37. The molecule has 2 aliphatic rings. The number of hydrogen-bond acceptors (Lipinski definition) is 3. The van der Waals surface area contributed by atoms with E-state index in [1.807, 2.05) is 42.5 Å². The van der Waals surface area contributed by atoms with Crippen molar-refractivity contribution < 1.29 is 4.42 Å². The molecule has 0 spiro atoms. The van der Waals surface area contributed by atoms with Gasteiger partial charge in [0.25, 0.3) is 0 Å². The van der Waals surface area contributed by atoms with Gasteiger partial charge < -0.3 is 4.42 Å². The van der Waals surface area contributed by atoms with Crippen LogP contribution < -0.4 is 5.43 Å². The third kappa shape index (κ3) is 1.45. The van der Waals surface area contributed by atoms with Crippen molar-refractivity contribution in [2.75, 3.05) is 0 Å². The maximum absolute atomic E-state index is 12.1. The van der Waals surface area contributed by atoms with Gasteiger partial charge in [0, 0.05) is 22.4 Å². The highest BCUT2D eigenvalue weighted by Gasteiger charge is 2.13. The van der Waals surface area contributed by atoms with Crippen molar-refractivity contribution in [3.8, 4) is 11.3 Å². The van der Waals surface area contributed by atoms with Crippen LogP contribution in [0.4, 0.5) is 0 Å². The molecule has 0 amide bonds. The van der Waals surface area contributed by atoms with E-state index in [4.69, 9.17) is 4.42 Å². The van der Waals surface area contributed by atoms with E-state index in [-0.39, 0.29) is 5.43 Å². The molecule has 1 aromatic heterocycles. The summed E-state index contributed by atoms with van der Waals surface area (Å²) in [6.07, 6.45) is 1.56. The Morgan fingerprint density at radius 2 is 1.89 bits per heavy atom. The van der Waals surface area contributed by atoms with Gasteiger partial charge in [0.1, 0.15) is 5.76 Å². The first-order valence-corrected chi connectivity index (χ1v) is 6.03. The molecule has 0 saturated heterocycles. The van der Waals surface area contributed by atoms with Gasteiger partial charge >= 0.3 is 0 Å². The van der Waals surface area contributed by atoms with Crippen molar-refractivity contribution >= 4 is 21.8 Å². The topological polar surface area (TPSA) is 43.1 Å². The molecule has 2 aromatic rings. The minimum atomic E-state index is -0.0595. The number of pyridine rings is 1. The maximum Gasteiger partial charge on any atom is 0.191 e. The molecule has 1 aliphatic heterocycles. The van der Waals surface area contributed by atoms with E-state index >= 15 is 0 Å². The minimum absolute atomic E-state index is 0.0595. The van der Waals surface area contributed by atoms with E-state index in [1.54, 1.807) is 6.26 Å². The van der Waals surface area contributed by atoms with Crippen molar-refractivity contribution in [2.24, 2.45) is 0 Å². The molecule has 0 radical (unpaired) electrons. The zero-order valence-corrected chi connectivity index (χ0v) is 9.96. The Morgan fingerprint density at radius 1 is 1.00 bits per heavy atom. The second kappa shape index (κ2) is 3.65. The fourth-order valence-corrected chi connectivity index (χ4v) is 2.41. The SMILES string of the molecule is O=c1cc2occcc-2c2nc3ccccc3cc12. The predicted octanol–water partition coefficient (Wildman–Crippen LogP) is 3.45. The molecular formula is C16H9NO2. The molecule has 3 nitrogen and oxygen atoms in total. The molecule has 90 valence electrons. The highest BCUT2D eigenvalue weighted by atomic mass is 16.3. The molecule has 0 atom stereocenters. The van der Waals surface area contributed by atoms with E-state index in [9.17, 15) is 4.79 Å². The quantitative estimate of drug-likeness (QED) is 0.353. The fourth-order valence-electron chi connectivity index (χ4n) is 2.41. The van der Waals surface area contributed by atoms with E-state index in [1.165, 1.54) is 6.07 Å². The molecule has 1 aromatic carbocycles. The summed E-state index contributed by atoms with van der Waals surface area (Å²) in [6, 6.07) is 14.9. The first-order chi connectivity index (χ1) is 9.33. The van der Waals surface area contributed by atoms with Crippen LogP contribution in [0.3, 0.4) is 0 Å². The van der Waals surface area contributed by atoms with Crippen LogP contribution in [0.25, 0.3) is 33.1 Å². The van der Waals surface area contributed by atoms with Gasteiger partial charge in [0.15, 0.2) is 5.43 Å². The van der Waals surface area contributed by atoms with Crippen LogP contribution in [0.2, 0.25) is 0 Å². The third-order valence-electron chi connectivity index (χ3n) is 3.31. The minimum Gasteiger partial charge on any atom is -0.464 e. The van der Waals surface area contributed by atoms with Gasteiger partial charge in [-0.25, -0.2) is 4.98 Å². The standard InChI is InChI=1S/C16H9NO2/c18-14-9-15-11(5-3-7-19-15)16-12(14)8-10-4-1-2-6-13(10)17-16/h1-9H. The number of rotatable bonds is 0. The lowest BCUT2D eigenvalue weighted by molar-refractivity contribution is 0.565. The highest BCUT2D eigenvalue weighted by Crippen LogP contribution is 2.28.